The minimum absolute atomic E-state index is 0.0293. The number of hydrogen-bond acceptors (Lipinski definition) is 6. The second kappa shape index (κ2) is 5.98. The molecule has 1 N–H and O–H groups in total. The lowest BCUT2D eigenvalue weighted by atomic mass is 10.1. The first-order valence-electron chi connectivity index (χ1n) is 6.54. The lowest BCUT2D eigenvalue weighted by Gasteiger charge is -2.01. The molecule has 1 aromatic carbocycles. The Morgan fingerprint density at radius 2 is 2.13 bits per heavy atom. The second-order valence-corrected chi connectivity index (χ2v) is 6.55. The molecule has 1 fully saturated rings. The first kappa shape index (κ1) is 15.4. The van der Waals surface area contributed by atoms with Gasteiger partial charge in [-0.3, -0.25) is 14.9 Å². The fourth-order valence-electron chi connectivity index (χ4n) is 2.13. The van der Waals surface area contributed by atoms with Crippen molar-refractivity contribution in [3.8, 4) is 11.3 Å². The number of nitro benzene ring substituents is 1. The largest absolute Gasteiger partial charge is 0.456 e. The average Bonchev–Trinajstić information content (AvgIpc) is 3.06. The van der Waals surface area contributed by atoms with Crippen molar-refractivity contribution >= 4 is 46.0 Å². The molecular formula is C15H10N2O4S2. The van der Waals surface area contributed by atoms with Crippen LogP contribution in [0.25, 0.3) is 17.4 Å². The predicted molar refractivity (Wildman–Crippen MR) is 91.8 cm³/mol. The van der Waals surface area contributed by atoms with Gasteiger partial charge >= 0.3 is 0 Å². The van der Waals surface area contributed by atoms with E-state index >= 15 is 0 Å². The first-order chi connectivity index (χ1) is 10.9. The summed E-state index contributed by atoms with van der Waals surface area (Å²) in [6.07, 6.45) is 1.56. The molecule has 1 aliphatic heterocycles. The Hall–Kier alpha value is -2.45. The molecule has 0 bridgehead atoms. The molecule has 1 saturated heterocycles. The summed E-state index contributed by atoms with van der Waals surface area (Å²) in [5.41, 5.74) is 1.26. The molecule has 0 aliphatic carbocycles. The third-order valence-corrected chi connectivity index (χ3v) is 4.32. The van der Waals surface area contributed by atoms with E-state index in [1.165, 1.54) is 6.07 Å². The van der Waals surface area contributed by atoms with Gasteiger partial charge < -0.3 is 9.73 Å². The Labute approximate surface area is 140 Å². The van der Waals surface area contributed by atoms with E-state index in [0.29, 0.717) is 26.3 Å². The number of hydrogen-bond donors (Lipinski definition) is 1. The molecule has 116 valence electrons. The lowest BCUT2D eigenvalue weighted by Crippen LogP contribution is -2.17. The summed E-state index contributed by atoms with van der Waals surface area (Å²) < 4.78 is 6.03. The molecule has 0 atom stereocenters. The highest BCUT2D eigenvalue weighted by Crippen LogP contribution is 2.33. The number of furan rings is 1. The van der Waals surface area contributed by atoms with Gasteiger partial charge in [-0.2, -0.15) is 0 Å². The summed E-state index contributed by atoms with van der Waals surface area (Å²) in [4.78, 5) is 22.8. The van der Waals surface area contributed by atoms with E-state index in [1.54, 1.807) is 30.3 Å². The summed E-state index contributed by atoms with van der Waals surface area (Å²) in [6, 6.07) is 8.12. The topological polar surface area (TPSA) is 85.4 Å². The number of thioether (sulfide) groups is 1. The van der Waals surface area contributed by atoms with Gasteiger partial charge in [-0.15, -0.1) is 0 Å². The van der Waals surface area contributed by atoms with E-state index in [4.69, 9.17) is 16.6 Å². The number of nitro groups is 1. The molecular weight excluding hydrogens is 336 g/mol. The van der Waals surface area contributed by atoms with Gasteiger partial charge in [0, 0.05) is 12.1 Å². The third kappa shape index (κ3) is 3.17. The number of nitrogens with zero attached hydrogens (tertiary/aromatic N) is 1. The van der Waals surface area contributed by atoms with Crippen LogP contribution in [0, 0.1) is 17.0 Å². The molecule has 6 nitrogen and oxygen atoms in total. The summed E-state index contributed by atoms with van der Waals surface area (Å²) >= 11 is 6.06. The van der Waals surface area contributed by atoms with E-state index in [2.05, 4.69) is 5.32 Å². The minimum atomic E-state index is -0.450. The van der Waals surface area contributed by atoms with Gasteiger partial charge in [0.15, 0.2) is 0 Å². The SMILES string of the molecule is Cc1ccc([N+](=O)[O-])c(-c2ccc(/C=C3/SC(=S)NC3=O)o2)c1. The molecule has 0 saturated carbocycles. The van der Waals surface area contributed by atoms with Crippen molar-refractivity contribution in [3.63, 3.8) is 0 Å². The van der Waals surface area contributed by atoms with E-state index in [-0.39, 0.29) is 11.6 Å². The van der Waals surface area contributed by atoms with E-state index in [1.807, 2.05) is 6.92 Å². The first-order valence-corrected chi connectivity index (χ1v) is 7.76. The van der Waals surface area contributed by atoms with Crippen LogP contribution in [0.5, 0.6) is 0 Å². The van der Waals surface area contributed by atoms with E-state index < -0.39 is 4.92 Å². The van der Waals surface area contributed by atoms with Crippen molar-refractivity contribution in [2.24, 2.45) is 0 Å². The molecule has 0 radical (unpaired) electrons. The molecule has 1 amide bonds. The quantitative estimate of drug-likeness (QED) is 0.395. The summed E-state index contributed by atoms with van der Waals surface area (Å²) in [5.74, 6) is 0.524. The zero-order valence-electron chi connectivity index (χ0n) is 11.9. The number of carbonyl (C=O) groups is 1. The highest BCUT2D eigenvalue weighted by Gasteiger charge is 2.23. The van der Waals surface area contributed by atoms with Crippen LogP contribution in [0.4, 0.5) is 5.69 Å². The van der Waals surface area contributed by atoms with E-state index in [0.717, 1.165) is 17.3 Å². The molecule has 2 heterocycles. The van der Waals surface area contributed by atoms with Crippen molar-refractivity contribution in [2.75, 3.05) is 0 Å². The maximum Gasteiger partial charge on any atom is 0.280 e. The normalized spacial score (nSPS) is 16.0. The van der Waals surface area contributed by atoms with Crippen LogP contribution in [0.2, 0.25) is 0 Å². The molecule has 0 spiro atoms. The van der Waals surface area contributed by atoms with Crippen LogP contribution in [0.3, 0.4) is 0 Å². The number of amides is 1. The van der Waals surface area contributed by atoms with Crippen LogP contribution in [0.15, 0.2) is 39.7 Å². The Bertz CT molecular complexity index is 870. The zero-order valence-corrected chi connectivity index (χ0v) is 13.5. The molecule has 1 aromatic heterocycles. The number of aryl methyl sites for hydroxylation is 1. The van der Waals surface area contributed by atoms with Crippen LogP contribution >= 0.6 is 24.0 Å². The van der Waals surface area contributed by atoms with Crippen molar-refractivity contribution < 1.29 is 14.1 Å². The standard InChI is InChI=1S/C15H10N2O4S2/c1-8-2-4-11(17(19)20)10(6-8)12-5-3-9(21-12)7-13-14(18)16-15(22)23-13/h2-7H,1H3,(H,16,18,22)/b13-7+. The summed E-state index contributed by atoms with van der Waals surface area (Å²) in [7, 11) is 0. The van der Waals surface area contributed by atoms with Crippen molar-refractivity contribution in [3.05, 3.63) is 56.7 Å². The van der Waals surface area contributed by atoms with Gasteiger partial charge in [-0.1, -0.05) is 30.0 Å². The molecule has 8 heteroatoms. The minimum Gasteiger partial charge on any atom is -0.456 e. The summed E-state index contributed by atoms with van der Waals surface area (Å²) in [5, 5.41) is 13.7. The lowest BCUT2D eigenvalue weighted by molar-refractivity contribution is -0.384. The van der Waals surface area contributed by atoms with Crippen molar-refractivity contribution in [2.45, 2.75) is 6.92 Å². The predicted octanol–water partition coefficient (Wildman–Crippen LogP) is 3.65. The van der Waals surface area contributed by atoms with Gasteiger partial charge in [0.25, 0.3) is 11.6 Å². The number of rotatable bonds is 3. The Morgan fingerprint density at radius 3 is 2.78 bits per heavy atom. The number of thiocarbonyl (C=S) groups is 1. The Balaban J connectivity index is 1.99. The molecule has 23 heavy (non-hydrogen) atoms. The smallest absolute Gasteiger partial charge is 0.280 e. The molecule has 1 aliphatic rings. The second-order valence-electron chi connectivity index (χ2n) is 4.83. The van der Waals surface area contributed by atoms with Gasteiger partial charge in [0.1, 0.15) is 15.8 Å². The Kier molecular flexibility index (Phi) is 4.01. The molecule has 3 rings (SSSR count). The van der Waals surface area contributed by atoms with Crippen LogP contribution in [-0.2, 0) is 4.79 Å². The Morgan fingerprint density at radius 1 is 1.35 bits per heavy atom. The molecule has 2 aromatic rings. The third-order valence-electron chi connectivity index (χ3n) is 3.16. The zero-order chi connectivity index (χ0) is 16.6. The van der Waals surface area contributed by atoms with Gasteiger partial charge in [-0.25, -0.2) is 0 Å². The number of nitrogens with one attached hydrogen (secondary N) is 1. The van der Waals surface area contributed by atoms with E-state index in [9.17, 15) is 14.9 Å². The maximum absolute atomic E-state index is 11.6. The number of benzene rings is 1. The summed E-state index contributed by atoms with van der Waals surface area (Å²) in [6.45, 7) is 1.85. The average molecular weight is 346 g/mol. The van der Waals surface area contributed by atoms with Crippen LogP contribution in [0.1, 0.15) is 11.3 Å². The highest BCUT2D eigenvalue weighted by molar-refractivity contribution is 8.26. The van der Waals surface area contributed by atoms with Gasteiger partial charge in [-0.05, 0) is 30.7 Å². The van der Waals surface area contributed by atoms with Gasteiger partial charge in [0.2, 0.25) is 0 Å². The number of carbonyl (C=O) groups excluding carboxylic acids is 1. The highest BCUT2D eigenvalue weighted by atomic mass is 32.2. The van der Waals surface area contributed by atoms with Crippen LogP contribution < -0.4 is 5.32 Å². The van der Waals surface area contributed by atoms with Gasteiger partial charge in [0.05, 0.1) is 15.4 Å². The maximum atomic E-state index is 11.6. The fraction of sp³-hybridized carbons (Fsp3) is 0.0667. The van der Waals surface area contributed by atoms with Crippen molar-refractivity contribution in [1.29, 1.82) is 0 Å². The van der Waals surface area contributed by atoms with Crippen LogP contribution in [-0.4, -0.2) is 15.2 Å². The molecule has 0 unspecified atom stereocenters. The monoisotopic (exact) mass is 346 g/mol. The van der Waals surface area contributed by atoms with Crippen molar-refractivity contribution in [1.82, 2.24) is 5.32 Å². The fourth-order valence-corrected chi connectivity index (χ4v) is 3.16.